The van der Waals surface area contributed by atoms with Crippen LogP contribution in [0.2, 0.25) is 0 Å². The first-order chi connectivity index (χ1) is 9.77. The van der Waals surface area contributed by atoms with Crippen molar-refractivity contribution >= 4 is 5.69 Å². The Labute approximate surface area is 119 Å². The number of benzene rings is 1. The second-order valence-electron chi connectivity index (χ2n) is 5.20. The molecule has 2 heterocycles. The van der Waals surface area contributed by atoms with E-state index in [1.165, 1.54) is 11.3 Å². The van der Waals surface area contributed by atoms with E-state index in [-0.39, 0.29) is 6.04 Å². The number of rotatable bonds is 2. The van der Waals surface area contributed by atoms with Gasteiger partial charge in [0.25, 0.3) is 0 Å². The lowest BCUT2D eigenvalue weighted by Gasteiger charge is -2.31. The van der Waals surface area contributed by atoms with Crippen LogP contribution < -0.4 is 10.2 Å². The molecule has 4 nitrogen and oxygen atoms in total. The van der Waals surface area contributed by atoms with Gasteiger partial charge in [0.05, 0.1) is 17.4 Å². The highest BCUT2D eigenvalue weighted by Gasteiger charge is 2.22. The Hall–Kier alpha value is -1.94. The van der Waals surface area contributed by atoms with Crippen LogP contribution in [0.15, 0.2) is 36.7 Å². The maximum atomic E-state index is 4.53. The predicted molar refractivity (Wildman–Crippen MR) is 80.7 cm³/mol. The fraction of sp³-hybridized carbons (Fsp3) is 0.375. The molecule has 1 aromatic carbocycles. The fourth-order valence-electron chi connectivity index (χ4n) is 2.86. The number of nitrogens with one attached hydrogen (secondary N) is 1. The van der Waals surface area contributed by atoms with Crippen LogP contribution in [-0.2, 0) is 6.54 Å². The number of hydrogen-bond acceptors (Lipinski definition) is 4. The fourth-order valence-corrected chi connectivity index (χ4v) is 2.86. The number of aromatic nitrogens is 2. The van der Waals surface area contributed by atoms with Crippen LogP contribution in [0.4, 0.5) is 5.69 Å². The van der Waals surface area contributed by atoms with E-state index >= 15 is 0 Å². The van der Waals surface area contributed by atoms with Crippen LogP contribution in [0.1, 0.15) is 29.9 Å². The van der Waals surface area contributed by atoms with E-state index in [1.807, 2.05) is 6.92 Å². The van der Waals surface area contributed by atoms with Gasteiger partial charge in [-0.3, -0.25) is 9.97 Å². The molecule has 0 bridgehead atoms. The van der Waals surface area contributed by atoms with Crippen LogP contribution in [0.25, 0.3) is 0 Å². The summed E-state index contributed by atoms with van der Waals surface area (Å²) >= 11 is 0. The van der Waals surface area contributed by atoms with Crippen LogP contribution >= 0.6 is 0 Å². The second-order valence-corrected chi connectivity index (χ2v) is 5.20. The largest absolute Gasteiger partial charge is 0.362 e. The van der Waals surface area contributed by atoms with Crippen molar-refractivity contribution in [2.75, 3.05) is 18.0 Å². The van der Waals surface area contributed by atoms with Gasteiger partial charge in [-0.25, -0.2) is 0 Å². The lowest BCUT2D eigenvalue weighted by Crippen LogP contribution is -2.32. The van der Waals surface area contributed by atoms with Crippen molar-refractivity contribution in [3.63, 3.8) is 0 Å². The number of para-hydroxylation sites is 1. The lowest BCUT2D eigenvalue weighted by atomic mass is 10.1. The van der Waals surface area contributed by atoms with Crippen molar-refractivity contribution in [1.82, 2.24) is 15.3 Å². The topological polar surface area (TPSA) is 41.1 Å². The Morgan fingerprint density at radius 2 is 2.00 bits per heavy atom. The van der Waals surface area contributed by atoms with Crippen LogP contribution in [0, 0.1) is 6.92 Å². The Morgan fingerprint density at radius 1 is 1.20 bits per heavy atom. The number of fused-ring (bicyclic) bond motifs is 1. The monoisotopic (exact) mass is 268 g/mol. The van der Waals surface area contributed by atoms with Gasteiger partial charge in [-0.2, -0.15) is 0 Å². The Balaban J connectivity index is 1.99. The molecule has 0 amide bonds. The molecule has 0 saturated heterocycles. The molecule has 0 saturated carbocycles. The van der Waals surface area contributed by atoms with Gasteiger partial charge in [-0.05, 0) is 25.5 Å². The van der Waals surface area contributed by atoms with Crippen molar-refractivity contribution in [2.24, 2.45) is 0 Å². The molecule has 3 rings (SSSR count). The number of aryl methyl sites for hydroxylation is 1. The van der Waals surface area contributed by atoms with Gasteiger partial charge >= 0.3 is 0 Å². The van der Waals surface area contributed by atoms with Gasteiger partial charge < -0.3 is 10.2 Å². The van der Waals surface area contributed by atoms with Crippen molar-refractivity contribution < 1.29 is 0 Å². The standard InChI is InChI=1S/C16H20N4/c1-12-16(19-8-7-18-12)13(2)20-10-9-17-11-14-5-3-4-6-15(14)20/h3-8,13,17H,9-11H2,1-2H3. The molecule has 1 aliphatic rings. The lowest BCUT2D eigenvalue weighted by molar-refractivity contribution is 0.622. The van der Waals surface area contributed by atoms with E-state index in [4.69, 9.17) is 0 Å². The zero-order chi connectivity index (χ0) is 13.9. The first-order valence-corrected chi connectivity index (χ1v) is 7.10. The third-order valence-electron chi connectivity index (χ3n) is 3.93. The van der Waals surface area contributed by atoms with Gasteiger partial charge in [0.2, 0.25) is 0 Å². The molecule has 20 heavy (non-hydrogen) atoms. The average molecular weight is 268 g/mol. The Morgan fingerprint density at radius 3 is 2.85 bits per heavy atom. The summed E-state index contributed by atoms with van der Waals surface area (Å²) in [4.78, 5) is 11.3. The Bertz CT molecular complexity index is 597. The summed E-state index contributed by atoms with van der Waals surface area (Å²) in [5.74, 6) is 0. The maximum Gasteiger partial charge on any atom is 0.0837 e. The molecule has 0 aliphatic carbocycles. The highest BCUT2D eigenvalue weighted by atomic mass is 15.2. The highest BCUT2D eigenvalue weighted by molar-refractivity contribution is 5.55. The van der Waals surface area contributed by atoms with Crippen LogP contribution in [0.5, 0.6) is 0 Å². The molecule has 4 heteroatoms. The molecular weight excluding hydrogens is 248 g/mol. The zero-order valence-electron chi connectivity index (χ0n) is 12.0. The molecule has 1 N–H and O–H groups in total. The van der Waals surface area contributed by atoms with Gasteiger partial charge in [0.15, 0.2) is 0 Å². The molecule has 0 radical (unpaired) electrons. The quantitative estimate of drug-likeness (QED) is 0.908. The minimum absolute atomic E-state index is 0.227. The van der Waals surface area contributed by atoms with Crippen molar-refractivity contribution in [2.45, 2.75) is 26.4 Å². The predicted octanol–water partition coefficient (Wildman–Crippen LogP) is 2.46. The molecule has 0 fully saturated rings. The first kappa shape index (κ1) is 13.1. The highest BCUT2D eigenvalue weighted by Crippen LogP contribution is 2.30. The van der Waals surface area contributed by atoms with E-state index in [0.717, 1.165) is 31.0 Å². The third kappa shape index (κ3) is 2.39. The summed E-state index contributed by atoms with van der Waals surface area (Å²) in [6, 6.07) is 8.82. The minimum atomic E-state index is 0.227. The number of hydrogen-bond donors (Lipinski definition) is 1. The maximum absolute atomic E-state index is 4.53. The zero-order valence-corrected chi connectivity index (χ0v) is 12.0. The van der Waals surface area contributed by atoms with Gasteiger partial charge in [-0.1, -0.05) is 18.2 Å². The summed E-state index contributed by atoms with van der Waals surface area (Å²) < 4.78 is 0. The SMILES string of the molecule is Cc1nccnc1C(C)N1CCNCc2ccccc21. The van der Waals surface area contributed by atoms with Crippen molar-refractivity contribution in [3.8, 4) is 0 Å². The van der Waals surface area contributed by atoms with E-state index in [1.54, 1.807) is 12.4 Å². The van der Waals surface area contributed by atoms with Crippen LogP contribution in [-0.4, -0.2) is 23.1 Å². The average Bonchev–Trinajstić information content (AvgIpc) is 2.69. The van der Waals surface area contributed by atoms with Gasteiger partial charge in [0, 0.05) is 37.7 Å². The van der Waals surface area contributed by atoms with Crippen molar-refractivity contribution in [3.05, 3.63) is 53.6 Å². The van der Waals surface area contributed by atoms with Crippen LogP contribution in [0.3, 0.4) is 0 Å². The van der Waals surface area contributed by atoms with E-state index in [2.05, 4.69) is 51.4 Å². The van der Waals surface area contributed by atoms with E-state index < -0.39 is 0 Å². The minimum Gasteiger partial charge on any atom is -0.362 e. The number of nitrogens with zero attached hydrogens (tertiary/aromatic N) is 3. The summed E-state index contributed by atoms with van der Waals surface area (Å²) in [5, 5.41) is 3.48. The van der Waals surface area contributed by atoms with E-state index in [9.17, 15) is 0 Å². The van der Waals surface area contributed by atoms with Crippen molar-refractivity contribution in [1.29, 1.82) is 0 Å². The molecular formula is C16H20N4. The normalized spacial score (nSPS) is 16.4. The third-order valence-corrected chi connectivity index (χ3v) is 3.93. The molecule has 2 aromatic rings. The molecule has 1 atom stereocenters. The van der Waals surface area contributed by atoms with Gasteiger partial charge in [0.1, 0.15) is 0 Å². The number of anilines is 1. The summed E-state index contributed by atoms with van der Waals surface area (Å²) in [5.41, 5.74) is 4.72. The second kappa shape index (κ2) is 5.59. The first-order valence-electron chi connectivity index (χ1n) is 7.10. The van der Waals surface area contributed by atoms with Gasteiger partial charge in [-0.15, -0.1) is 0 Å². The summed E-state index contributed by atoms with van der Waals surface area (Å²) in [6.45, 7) is 7.13. The molecule has 104 valence electrons. The molecule has 1 aliphatic heterocycles. The Kier molecular flexibility index (Phi) is 3.65. The summed E-state index contributed by atoms with van der Waals surface area (Å²) in [6.07, 6.45) is 3.53. The van der Waals surface area contributed by atoms with E-state index in [0.29, 0.717) is 0 Å². The molecule has 0 spiro atoms. The summed E-state index contributed by atoms with van der Waals surface area (Å²) in [7, 11) is 0. The molecule has 1 aromatic heterocycles. The smallest absolute Gasteiger partial charge is 0.0837 e. The molecule has 1 unspecified atom stereocenters.